The van der Waals surface area contributed by atoms with E-state index in [4.69, 9.17) is 5.73 Å². The normalized spacial score (nSPS) is 14.2. The molecule has 2 radical (unpaired) electrons. The zero-order valence-electron chi connectivity index (χ0n) is 27.4. The summed E-state index contributed by atoms with van der Waals surface area (Å²) in [4.78, 5) is 37.1. The van der Waals surface area contributed by atoms with Crippen molar-refractivity contribution in [1.82, 2.24) is 0 Å². The van der Waals surface area contributed by atoms with Crippen LogP contribution in [0.4, 0.5) is 34.1 Å². The third-order valence-corrected chi connectivity index (χ3v) is 8.14. The topological polar surface area (TPSA) is 249 Å². The van der Waals surface area contributed by atoms with Crippen LogP contribution in [0.1, 0.15) is 10.4 Å². The first-order valence-electron chi connectivity index (χ1n) is 14.5. The molecule has 52 heavy (non-hydrogen) atoms. The second kappa shape index (κ2) is 16.7. The van der Waals surface area contributed by atoms with Gasteiger partial charge in [-0.2, -0.15) is 33.9 Å². The average molecular weight is 739 g/mol. The first kappa shape index (κ1) is 39.9. The number of carboxylic acid groups (broad SMARTS) is 1. The van der Waals surface area contributed by atoms with Crippen molar-refractivity contribution in [3.8, 4) is 5.75 Å². The number of nitrogen functional groups attached to an aromatic ring is 1. The number of carbonyl (C=O) groups is 3. The van der Waals surface area contributed by atoms with Gasteiger partial charge in [0.25, 0.3) is 21.9 Å². The molecule has 0 saturated heterocycles. The number of carboxylic acids is 1. The zero-order chi connectivity index (χ0) is 35.6. The fraction of sp³-hybridized carbons (Fsp3) is 0.0303. The molecule has 1 atom stereocenters. The largest absolute Gasteiger partial charge is 0.505 e. The molecule has 5 aromatic rings. The molecule has 1 aliphatic rings. The number of hydrogen-bond acceptors (Lipinski definition) is 12. The van der Waals surface area contributed by atoms with Crippen LogP contribution < -0.4 is 16.1 Å². The van der Waals surface area contributed by atoms with Gasteiger partial charge in [-0.1, -0.05) is 24.3 Å². The number of nitrogens with zero attached hydrogens (tertiary/aromatic N) is 6. The third kappa shape index (κ3) is 8.77. The van der Waals surface area contributed by atoms with Crippen molar-refractivity contribution in [1.29, 1.82) is 0 Å². The van der Waals surface area contributed by atoms with Gasteiger partial charge in [0.15, 0.2) is 11.5 Å². The van der Waals surface area contributed by atoms with Crippen LogP contribution in [-0.4, -0.2) is 112 Å². The van der Waals surface area contributed by atoms with Gasteiger partial charge in [0.1, 0.15) is 10.6 Å². The van der Waals surface area contributed by atoms with Gasteiger partial charge in [0, 0.05) is 81.4 Å². The smallest absolute Gasteiger partial charge is 0.355 e. The van der Waals surface area contributed by atoms with Crippen molar-refractivity contribution in [3.63, 3.8) is 0 Å². The predicted octanol–water partition coefficient (Wildman–Crippen LogP) is 5.22. The van der Waals surface area contributed by atoms with Crippen molar-refractivity contribution in [2.24, 2.45) is 25.6 Å². The number of fused-ring (bicyclic) bond motifs is 1. The summed E-state index contributed by atoms with van der Waals surface area (Å²) in [5.41, 5.74) is 6.40. The van der Waals surface area contributed by atoms with E-state index in [0.717, 1.165) is 11.1 Å². The number of hydrogen-bond donors (Lipinski definition) is 5. The number of aromatic hydroxyl groups is 1. The third-order valence-electron chi connectivity index (χ3n) is 7.27. The quantitative estimate of drug-likeness (QED) is 0.0575. The van der Waals surface area contributed by atoms with Crippen LogP contribution in [0.25, 0.3) is 10.8 Å². The van der Waals surface area contributed by atoms with Crippen molar-refractivity contribution >= 4 is 138 Å². The second-order valence-electron chi connectivity index (χ2n) is 10.7. The number of azo groups is 2. The number of phenols is 1. The Labute approximate surface area is 339 Å². The number of anilines is 3. The van der Waals surface area contributed by atoms with Gasteiger partial charge in [0.2, 0.25) is 6.04 Å². The minimum Gasteiger partial charge on any atom is -0.505 e. The number of carbonyl (C=O) groups excluding carboxylic acids is 2. The van der Waals surface area contributed by atoms with E-state index in [-0.39, 0.29) is 92.5 Å². The molecule has 6 rings (SSSR count). The van der Waals surface area contributed by atoms with Crippen LogP contribution in [0.2, 0.25) is 0 Å². The Morgan fingerprint density at radius 2 is 1.54 bits per heavy atom. The molecule has 1 heterocycles. The molecular formula is C33H24N8Na2O8S. The number of phenolic OH excluding ortho intramolecular Hbond substituents is 1. The number of hydrazone groups is 1. The molecule has 0 spiro atoms. The Hall–Kier alpha value is -4.85. The molecule has 0 bridgehead atoms. The van der Waals surface area contributed by atoms with Gasteiger partial charge in [-0.3, -0.25) is 14.1 Å². The molecule has 1 unspecified atom stereocenters. The van der Waals surface area contributed by atoms with E-state index < -0.39 is 56.0 Å². The molecule has 0 aromatic heterocycles. The van der Waals surface area contributed by atoms with Gasteiger partial charge in [-0.15, -0.1) is 5.11 Å². The van der Waals surface area contributed by atoms with E-state index in [1.165, 1.54) is 54.6 Å². The Kier molecular flexibility index (Phi) is 12.8. The maximum Gasteiger partial charge on any atom is 0.355 e. The summed E-state index contributed by atoms with van der Waals surface area (Å²) in [6, 6.07) is 24.1. The Bertz CT molecular complexity index is 2390. The van der Waals surface area contributed by atoms with Crippen LogP contribution in [0.15, 0.2) is 134 Å². The van der Waals surface area contributed by atoms with Crippen LogP contribution in [0.5, 0.6) is 5.75 Å². The van der Waals surface area contributed by atoms with E-state index in [2.05, 4.69) is 30.9 Å². The van der Waals surface area contributed by atoms with Crippen molar-refractivity contribution in [2.75, 3.05) is 16.1 Å². The Morgan fingerprint density at radius 1 is 0.846 bits per heavy atom. The first-order valence-corrected chi connectivity index (χ1v) is 15.9. The maximum absolute atomic E-state index is 13.0. The van der Waals surface area contributed by atoms with Crippen molar-refractivity contribution in [3.05, 3.63) is 109 Å². The van der Waals surface area contributed by atoms with Crippen molar-refractivity contribution < 1.29 is 37.6 Å². The molecule has 1 aliphatic heterocycles. The number of amides is 2. The summed E-state index contributed by atoms with van der Waals surface area (Å²) in [6.07, 6.45) is 0. The summed E-state index contributed by atoms with van der Waals surface area (Å²) < 4.78 is 34.3. The van der Waals surface area contributed by atoms with Crippen molar-refractivity contribution in [2.45, 2.75) is 10.9 Å². The van der Waals surface area contributed by atoms with Gasteiger partial charge >= 0.3 is 5.97 Å². The Morgan fingerprint density at radius 3 is 2.19 bits per heavy atom. The molecule has 252 valence electrons. The van der Waals surface area contributed by atoms with Crippen LogP contribution >= 0.6 is 0 Å². The molecule has 5 aromatic carbocycles. The SMILES string of the molecule is Nc1cccc(N2N=C(C(=O)O)C(N=Nc3ccc(C(=O)Nc4ccc5c(O)c(N=Nc6ccccc6)c(S(=O)(=O)O)cc5c4)cc3)C2=O)c1.[Na].[Na]. The van der Waals surface area contributed by atoms with E-state index >= 15 is 0 Å². The van der Waals surface area contributed by atoms with Gasteiger partial charge in [-0.05, 0) is 84.2 Å². The van der Waals surface area contributed by atoms with E-state index in [1.54, 1.807) is 42.5 Å². The molecule has 0 aliphatic carbocycles. The minimum atomic E-state index is -4.85. The van der Waals surface area contributed by atoms with E-state index in [1.807, 2.05) is 0 Å². The maximum atomic E-state index is 13.0. The number of benzene rings is 5. The fourth-order valence-corrected chi connectivity index (χ4v) is 5.54. The number of nitrogens with two attached hydrogens (primary N) is 1. The summed E-state index contributed by atoms with van der Waals surface area (Å²) in [6.45, 7) is 0. The zero-order valence-corrected chi connectivity index (χ0v) is 32.3. The second-order valence-corrected chi connectivity index (χ2v) is 12.1. The van der Waals surface area contributed by atoms with Gasteiger partial charge < -0.3 is 21.3 Å². The molecule has 0 saturated carbocycles. The molecule has 6 N–H and O–H groups in total. The molecule has 0 fully saturated rings. The van der Waals surface area contributed by atoms with E-state index in [9.17, 15) is 37.6 Å². The average Bonchev–Trinajstić information content (AvgIpc) is 3.43. The minimum absolute atomic E-state index is 0. The predicted molar refractivity (Wildman–Crippen MR) is 194 cm³/mol. The van der Waals surface area contributed by atoms with Crippen LogP contribution in [0, 0.1) is 0 Å². The van der Waals surface area contributed by atoms with E-state index in [0.29, 0.717) is 11.4 Å². The molecule has 16 nitrogen and oxygen atoms in total. The fourth-order valence-electron chi connectivity index (χ4n) is 4.88. The summed E-state index contributed by atoms with van der Waals surface area (Å²) in [7, 11) is -4.85. The summed E-state index contributed by atoms with van der Waals surface area (Å²) in [5.74, 6) is -3.30. The van der Waals surface area contributed by atoms with Gasteiger partial charge in [-0.25, -0.2) is 4.79 Å². The first-order chi connectivity index (χ1) is 23.9. The number of rotatable bonds is 9. The van der Waals surface area contributed by atoms with Crippen LogP contribution in [-0.2, 0) is 19.7 Å². The number of nitrogens with one attached hydrogen (secondary N) is 1. The van der Waals surface area contributed by atoms with Crippen LogP contribution in [0.3, 0.4) is 0 Å². The standard InChI is InChI=1S/C33H24N8O8S.2Na/c34-20-5-4-8-24(17-20)41-32(44)28(29(40-41)33(45)46)39-37-22-11-9-18(10-12-22)31(43)35-23-13-14-25-19(15-23)16-26(50(47,48)49)27(30(25)42)38-36-21-6-2-1-3-7-21;;/h1-17,28,42H,34H2,(H,35,43)(H,45,46)(H,47,48,49);;. The summed E-state index contributed by atoms with van der Waals surface area (Å²) >= 11 is 0. The van der Waals surface area contributed by atoms with Gasteiger partial charge in [0.05, 0.1) is 17.1 Å². The molecule has 19 heteroatoms. The number of aliphatic carboxylic acids is 1. The molecule has 2 amide bonds. The molecular weight excluding hydrogens is 714 g/mol. The Balaban J connectivity index is 0.00000302. The monoisotopic (exact) mass is 738 g/mol. The summed E-state index contributed by atoms with van der Waals surface area (Å²) in [5, 5.41) is 44.0.